The molecule has 0 unspecified atom stereocenters. The number of hydrogen-bond donors (Lipinski definition) is 1. The molecule has 0 radical (unpaired) electrons. The van der Waals surface area contributed by atoms with Crippen LogP contribution in [-0.4, -0.2) is 11.3 Å². The number of aromatic nitrogens is 1. The standard InChI is InChI=1S/C12H8Cl2N2O/c13-9-4-10(14)6-11(5-9)16-12-8(7-17)2-1-3-15-12/h1-7H,(H,15,16). The minimum atomic E-state index is 0.473. The lowest BCUT2D eigenvalue weighted by molar-refractivity contribution is 0.112. The van der Waals surface area contributed by atoms with Crippen molar-refractivity contribution in [3.8, 4) is 0 Å². The summed E-state index contributed by atoms with van der Waals surface area (Å²) in [5, 5.41) is 4.03. The van der Waals surface area contributed by atoms with Gasteiger partial charge in [-0.1, -0.05) is 23.2 Å². The van der Waals surface area contributed by atoms with E-state index in [9.17, 15) is 4.79 Å². The molecular formula is C12H8Cl2N2O. The fourth-order valence-electron chi connectivity index (χ4n) is 1.38. The fourth-order valence-corrected chi connectivity index (χ4v) is 1.91. The van der Waals surface area contributed by atoms with Crippen LogP contribution in [0, 0.1) is 0 Å². The van der Waals surface area contributed by atoms with Gasteiger partial charge in [0, 0.05) is 21.9 Å². The summed E-state index contributed by atoms with van der Waals surface area (Å²) in [6, 6.07) is 8.41. The van der Waals surface area contributed by atoms with E-state index in [1.165, 1.54) is 0 Å². The summed E-state index contributed by atoms with van der Waals surface area (Å²) in [5.41, 5.74) is 1.16. The van der Waals surface area contributed by atoms with Crippen molar-refractivity contribution in [2.24, 2.45) is 0 Å². The third kappa shape index (κ3) is 2.96. The molecule has 86 valence electrons. The van der Waals surface area contributed by atoms with Gasteiger partial charge in [-0.2, -0.15) is 0 Å². The van der Waals surface area contributed by atoms with E-state index in [1.807, 2.05) is 0 Å². The number of nitrogens with one attached hydrogen (secondary N) is 1. The van der Waals surface area contributed by atoms with Crippen LogP contribution in [0.1, 0.15) is 10.4 Å². The van der Waals surface area contributed by atoms with E-state index < -0.39 is 0 Å². The van der Waals surface area contributed by atoms with Crippen LogP contribution >= 0.6 is 23.2 Å². The van der Waals surface area contributed by atoms with Crippen LogP contribution in [0.5, 0.6) is 0 Å². The number of aldehydes is 1. The Hall–Kier alpha value is -1.58. The summed E-state index contributed by atoms with van der Waals surface area (Å²) in [7, 11) is 0. The van der Waals surface area contributed by atoms with Gasteiger partial charge in [-0.3, -0.25) is 4.79 Å². The van der Waals surface area contributed by atoms with Gasteiger partial charge in [0.05, 0.1) is 5.56 Å². The lowest BCUT2D eigenvalue weighted by Crippen LogP contribution is -1.97. The molecule has 17 heavy (non-hydrogen) atoms. The maximum atomic E-state index is 10.8. The van der Waals surface area contributed by atoms with E-state index in [4.69, 9.17) is 23.2 Å². The maximum absolute atomic E-state index is 10.8. The van der Waals surface area contributed by atoms with Crippen LogP contribution < -0.4 is 5.32 Å². The Labute approximate surface area is 108 Å². The second kappa shape index (κ2) is 5.17. The van der Waals surface area contributed by atoms with Crippen LogP contribution in [0.25, 0.3) is 0 Å². The number of rotatable bonds is 3. The smallest absolute Gasteiger partial charge is 0.153 e. The first kappa shape index (κ1) is 11.9. The first-order chi connectivity index (χ1) is 8.19. The number of pyridine rings is 1. The Morgan fingerprint density at radius 1 is 1.18 bits per heavy atom. The third-order valence-corrected chi connectivity index (χ3v) is 2.53. The summed E-state index contributed by atoms with van der Waals surface area (Å²) in [6.45, 7) is 0. The maximum Gasteiger partial charge on any atom is 0.153 e. The van der Waals surface area contributed by atoms with Gasteiger partial charge in [0.15, 0.2) is 6.29 Å². The largest absolute Gasteiger partial charge is 0.340 e. The Morgan fingerprint density at radius 2 is 1.88 bits per heavy atom. The summed E-state index contributed by atoms with van der Waals surface area (Å²) in [5.74, 6) is 0.473. The molecule has 0 saturated heterocycles. The van der Waals surface area contributed by atoms with E-state index >= 15 is 0 Å². The number of halogens is 2. The van der Waals surface area contributed by atoms with E-state index in [0.717, 1.165) is 6.29 Å². The number of carbonyl (C=O) groups excluding carboxylic acids is 1. The molecule has 0 bridgehead atoms. The summed E-state index contributed by atoms with van der Waals surface area (Å²) < 4.78 is 0. The molecule has 1 heterocycles. The molecule has 0 amide bonds. The van der Waals surface area contributed by atoms with Crippen LogP contribution in [0.4, 0.5) is 11.5 Å². The minimum absolute atomic E-state index is 0.473. The molecule has 0 spiro atoms. The molecule has 5 heteroatoms. The van der Waals surface area contributed by atoms with Crippen molar-refractivity contribution < 1.29 is 4.79 Å². The molecule has 2 aromatic rings. The van der Waals surface area contributed by atoms with E-state index in [1.54, 1.807) is 36.5 Å². The second-order valence-electron chi connectivity index (χ2n) is 3.34. The van der Waals surface area contributed by atoms with Crippen LogP contribution in [0.3, 0.4) is 0 Å². The average molecular weight is 267 g/mol. The Balaban J connectivity index is 2.34. The van der Waals surface area contributed by atoms with Gasteiger partial charge in [0.1, 0.15) is 5.82 Å². The van der Waals surface area contributed by atoms with Gasteiger partial charge >= 0.3 is 0 Å². The van der Waals surface area contributed by atoms with Crippen molar-refractivity contribution >= 4 is 41.0 Å². The molecule has 1 aromatic heterocycles. The first-order valence-electron chi connectivity index (χ1n) is 4.82. The Kier molecular flexibility index (Phi) is 3.61. The number of benzene rings is 1. The predicted octanol–water partition coefficient (Wildman–Crippen LogP) is 3.94. The first-order valence-corrected chi connectivity index (χ1v) is 5.58. The SMILES string of the molecule is O=Cc1cccnc1Nc1cc(Cl)cc(Cl)c1. The van der Waals surface area contributed by atoms with E-state index in [2.05, 4.69) is 10.3 Å². The highest BCUT2D eigenvalue weighted by Gasteiger charge is 2.04. The lowest BCUT2D eigenvalue weighted by Gasteiger charge is -2.08. The summed E-state index contributed by atoms with van der Waals surface area (Å²) >= 11 is 11.8. The summed E-state index contributed by atoms with van der Waals surface area (Å²) in [6.07, 6.45) is 2.34. The van der Waals surface area contributed by atoms with Gasteiger partial charge in [-0.25, -0.2) is 4.98 Å². The number of nitrogens with zero attached hydrogens (tertiary/aromatic N) is 1. The fraction of sp³-hybridized carbons (Fsp3) is 0. The van der Waals surface area contributed by atoms with Gasteiger partial charge < -0.3 is 5.32 Å². The second-order valence-corrected chi connectivity index (χ2v) is 4.22. The zero-order chi connectivity index (χ0) is 12.3. The molecule has 1 N–H and O–H groups in total. The van der Waals surface area contributed by atoms with Crippen LogP contribution in [0.15, 0.2) is 36.5 Å². The van der Waals surface area contributed by atoms with Crippen molar-refractivity contribution in [2.75, 3.05) is 5.32 Å². The lowest BCUT2D eigenvalue weighted by atomic mass is 10.2. The normalized spacial score (nSPS) is 10.0. The zero-order valence-electron chi connectivity index (χ0n) is 8.65. The highest BCUT2D eigenvalue weighted by molar-refractivity contribution is 6.35. The quantitative estimate of drug-likeness (QED) is 0.856. The molecule has 0 fully saturated rings. The van der Waals surface area contributed by atoms with Crippen molar-refractivity contribution in [1.29, 1.82) is 0 Å². The minimum Gasteiger partial charge on any atom is -0.340 e. The summed E-state index contributed by atoms with van der Waals surface area (Å²) in [4.78, 5) is 14.9. The molecule has 0 atom stereocenters. The van der Waals surface area contributed by atoms with Crippen molar-refractivity contribution in [2.45, 2.75) is 0 Å². The topological polar surface area (TPSA) is 42.0 Å². The molecule has 3 nitrogen and oxygen atoms in total. The molecule has 0 aliphatic carbocycles. The molecule has 2 rings (SSSR count). The number of hydrogen-bond acceptors (Lipinski definition) is 3. The van der Waals surface area contributed by atoms with Crippen molar-refractivity contribution in [3.63, 3.8) is 0 Å². The predicted molar refractivity (Wildman–Crippen MR) is 69.4 cm³/mol. The van der Waals surface area contributed by atoms with Gasteiger partial charge in [0.2, 0.25) is 0 Å². The van der Waals surface area contributed by atoms with E-state index in [-0.39, 0.29) is 0 Å². The molecule has 1 aromatic carbocycles. The van der Waals surface area contributed by atoms with Gasteiger partial charge in [0.25, 0.3) is 0 Å². The van der Waals surface area contributed by atoms with Crippen molar-refractivity contribution in [3.05, 3.63) is 52.1 Å². The third-order valence-electron chi connectivity index (χ3n) is 2.09. The molecule has 0 aliphatic rings. The average Bonchev–Trinajstić information content (AvgIpc) is 2.28. The van der Waals surface area contributed by atoms with Gasteiger partial charge in [-0.05, 0) is 30.3 Å². The van der Waals surface area contributed by atoms with Gasteiger partial charge in [-0.15, -0.1) is 0 Å². The van der Waals surface area contributed by atoms with Crippen LogP contribution in [0.2, 0.25) is 10.0 Å². The van der Waals surface area contributed by atoms with Crippen LogP contribution in [-0.2, 0) is 0 Å². The monoisotopic (exact) mass is 266 g/mol. The highest BCUT2D eigenvalue weighted by atomic mass is 35.5. The number of carbonyl (C=O) groups is 1. The number of anilines is 2. The Bertz CT molecular complexity index is 538. The van der Waals surface area contributed by atoms with E-state index in [0.29, 0.717) is 27.1 Å². The Morgan fingerprint density at radius 3 is 2.53 bits per heavy atom. The molecular weight excluding hydrogens is 259 g/mol. The molecule has 0 saturated carbocycles. The molecule has 0 aliphatic heterocycles. The highest BCUT2D eigenvalue weighted by Crippen LogP contribution is 2.25. The zero-order valence-corrected chi connectivity index (χ0v) is 10.2. The van der Waals surface area contributed by atoms with Crippen molar-refractivity contribution in [1.82, 2.24) is 4.98 Å².